The first-order valence-corrected chi connectivity index (χ1v) is 11.1. The molecule has 3 aromatic rings. The largest absolute Gasteiger partial charge is 0.492 e. The molecule has 0 radical (unpaired) electrons. The Hall–Kier alpha value is -3.83. The molecule has 33 heavy (non-hydrogen) atoms. The van der Waals surface area contributed by atoms with Gasteiger partial charge in [-0.15, -0.1) is 0 Å². The van der Waals surface area contributed by atoms with Crippen LogP contribution in [0.15, 0.2) is 54.2 Å². The topological polar surface area (TPSA) is 99.1 Å². The van der Waals surface area contributed by atoms with Crippen LogP contribution in [0.3, 0.4) is 0 Å². The van der Waals surface area contributed by atoms with Gasteiger partial charge in [0.05, 0.1) is 29.1 Å². The molecular formula is C25H26BN5O2. The van der Waals surface area contributed by atoms with Crippen molar-refractivity contribution in [2.75, 3.05) is 30.3 Å². The third-order valence-electron chi connectivity index (χ3n) is 5.52. The minimum Gasteiger partial charge on any atom is -0.492 e. The molecule has 2 aromatic carbocycles. The van der Waals surface area contributed by atoms with Gasteiger partial charge in [0.15, 0.2) is 0 Å². The Balaban J connectivity index is 1.76. The molecule has 8 heteroatoms. The van der Waals surface area contributed by atoms with Crippen molar-refractivity contribution in [1.82, 2.24) is 10.3 Å². The van der Waals surface area contributed by atoms with E-state index in [-0.39, 0.29) is 5.91 Å². The number of fused-ring (bicyclic) bond motifs is 1. The Morgan fingerprint density at radius 3 is 2.85 bits per heavy atom. The summed E-state index contributed by atoms with van der Waals surface area (Å²) < 4.78 is 5.80. The minimum atomic E-state index is -0.190. The number of pyridine rings is 1. The fraction of sp³-hybridized carbons (Fsp3) is 0.240. The predicted octanol–water partition coefficient (Wildman–Crippen LogP) is 2.76. The van der Waals surface area contributed by atoms with Crippen LogP contribution in [-0.4, -0.2) is 38.4 Å². The van der Waals surface area contributed by atoms with E-state index < -0.39 is 0 Å². The lowest BCUT2D eigenvalue weighted by atomic mass is 9.96. The maximum absolute atomic E-state index is 12.8. The summed E-state index contributed by atoms with van der Waals surface area (Å²) in [5.41, 5.74) is 5.38. The SMILES string of the molecule is Bc1cccc(Nc2c(C#N)cnc3cc(OCC)c(NC(=O)C=C4CCNCC4)cc23)c1. The maximum atomic E-state index is 12.8. The lowest BCUT2D eigenvalue weighted by molar-refractivity contribution is -0.112. The first-order valence-electron chi connectivity index (χ1n) is 11.1. The fourth-order valence-electron chi connectivity index (χ4n) is 3.93. The van der Waals surface area contributed by atoms with Crippen molar-refractivity contribution < 1.29 is 9.53 Å². The number of ether oxygens (including phenoxy) is 1. The number of benzene rings is 2. The number of nitriles is 1. The third-order valence-corrected chi connectivity index (χ3v) is 5.52. The van der Waals surface area contributed by atoms with Gasteiger partial charge in [-0.25, -0.2) is 0 Å². The first kappa shape index (κ1) is 22.4. The second-order valence-corrected chi connectivity index (χ2v) is 7.99. The number of hydrogen-bond acceptors (Lipinski definition) is 6. The molecule has 0 atom stereocenters. The zero-order valence-electron chi connectivity index (χ0n) is 18.9. The van der Waals surface area contributed by atoms with E-state index in [9.17, 15) is 10.1 Å². The van der Waals surface area contributed by atoms with Gasteiger partial charge in [-0.05, 0) is 51.1 Å². The van der Waals surface area contributed by atoms with Crippen molar-refractivity contribution in [3.8, 4) is 11.8 Å². The maximum Gasteiger partial charge on any atom is 0.248 e. The molecule has 7 nitrogen and oxygen atoms in total. The van der Waals surface area contributed by atoms with E-state index in [0.29, 0.717) is 34.8 Å². The zero-order chi connectivity index (χ0) is 23.2. The predicted molar refractivity (Wildman–Crippen MR) is 134 cm³/mol. The van der Waals surface area contributed by atoms with Crippen molar-refractivity contribution in [3.63, 3.8) is 0 Å². The standard InChI is InChI=1S/C25H26BN5O2/c1-2-33-23-13-21-20(12-22(23)31-24(32)10-16-6-8-28-9-7-16)25(17(14-27)15-29-21)30-19-5-3-4-18(26)11-19/h3-5,10-13,15,28H,2,6-9,26H2,1H3,(H,29,30)(H,31,32). The second-order valence-electron chi connectivity index (χ2n) is 7.99. The number of carbonyl (C=O) groups excluding carboxylic acids is 1. The molecule has 1 aliphatic rings. The number of nitrogens with one attached hydrogen (secondary N) is 3. The lowest BCUT2D eigenvalue weighted by Gasteiger charge is -2.17. The molecular weight excluding hydrogens is 413 g/mol. The van der Waals surface area contributed by atoms with Gasteiger partial charge in [0.25, 0.3) is 0 Å². The summed E-state index contributed by atoms with van der Waals surface area (Å²) in [6.07, 6.45) is 4.96. The van der Waals surface area contributed by atoms with Gasteiger partial charge >= 0.3 is 0 Å². The van der Waals surface area contributed by atoms with Crippen LogP contribution in [-0.2, 0) is 4.79 Å². The summed E-state index contributed by atoms with van der Waals surface area (Å²) >= 11 is 0. The summed E-state index contributed by atoms with van der Waals surface area (Å²) in [6, 6.07) is 13.8. The monoisotopic (exact) mass is 439 g/mol. The highest BCUT2D eigenvalue weighted by atomic mass is 16.5. The Morgan fingerprint density at radius 2 is 2.12 bits per heavy atom. The van der Waals surface area contributed by atoms with Crippen molar-refractivity contribution in [2.24, 2.45) is 0 Å². The van der Waals surface area contributed by atoms with Crippen LogP contribution in [0.25, 0.3) is 10.9 Å². The quantitative estimate of drug-likeness (QED) is 0.404. The van der Waals surface area contributed by atoms with Gasteiger partial charge in [0.1, 0.15) is 19.7 Å². The Morgan fingerprint density at radius 1 is 1.30 bits per heavy atom. The summed E-state index contributed by atoms with van der Waals surface area (Å²) in [5, 5.41) is 20.1. The van der Waals surface area contributed by atoms with E-state index in [0.717, 1.165) is 48.0 Å². The van der Waals surface area contributed by atoms with E-state index in [2.05, 4.69) is 27.0 Å². The van der Waals surface area contributed by atoms with Gasteiger partial charge in [-0.1, -0.05) is 23.2 Å². The average molecular weight is 439 g/mol. The molecule has 0 bridgehead atoms. The molecule has 2 heterocycles. The molecule has 1 fully saturated rings. The van der Waals surface area contributed by atoms with Crippen LogP contribution in [0.1, 0.15) is 25.3 Å². The molecule has 1 aliphatic heterocycles. The van der Waals surface area contributed by atoms with Crippen LogP contribution in [0.4, 0.5) is 17.1 Å². The van der Waals surface area contributed by atoms with E-state index in [1.54, 1.807) is 18.3 Å². The number of carbonyl (C=O) groups is 1. The Labute approximate surface area is 194 Å². The third kappa shape index (κ3) is 5.33. The summed E-state index contributed by atoms with van der Waals surface area (Å²) in [7, 11) is 2.01. The summed E-state index contributed by atoms with van der Waals surface area (Å²) in [6.45, 7) is 4.11. The Kier molecular flexibility index (Phi) is 6.91. The molecule has 4 rings (SSSR count). The number of nitrogens with zero attached hydrogens (tertiary/aromatic N) is 2. The smallest absolute Gasteiger partial charge is 0.248 e. The molecule has 166 valence electrons. The van der Waals surface area contributed by atoms with Crippen molar-refractivity contribution in [2.45, 2.75) is 19.8 Å². The van der Waals surface area contributed by atoms with Crippen molar-refractivity contribution in [3.05, 3.63) is 59.8 Å². The highest BCUT2D eigenvalue weighted by Gasteiger charge is 2.16. The van der Waals surface area contributed by atoms with Gasteiger partial charge in [-0.2, -0.15) is 5.26 Å². The average Bonchev–Trinajstić information content (AvgIpc) is 2.81. The van der Waals surface area contributed by atoms with Gasteiger partial charge in [0.2, 0.25) is 5.91 Å². The van der Waals surface area contributed by atoms with E-state index in [4.69, 9.17) is 4.74 Å². The van der Waals surface area contributed by atoms with Gasteiger partial charge in [-0.3, -0.25) is 9.78 Å². The minimum absolute atomic E-state index is 0.190. The molecule has 1 aromatic heterocycles. The normalized spacial score (nSPS) is 13.3. The molecule has 0 saturated carbocycles. The van der Waals surface area contributed by atoms with Crippen molar-refractivity contribution >= 4 is 47.2 Å². The molecule has 0 spiro atoms. The summed E-state index contributed by atoms with van der Waals surface area (Å²) in [4.78, 5) is 17.2. The highest BCUT2D eigenvalue weighted by Crippen LogP contribution is 2.36. The van der Waals surface area contributed by atoms with Crippen LogP contribution in [0, 0.1) is 11.3 Å². The van der Waals surface area contributed by atoms with Crippen LogP contribution >= 0.6 is 0 Å². The Bertz CT molecular complexity index is 1260. The van der Waals surface area contributed by atoms with Crippen LogP contribution < -0.4 is 26.2 Å². The number of anilines is 3. The number of hydrogen-bond donors (Lipinski definition) is 3. The first-order chi connectivity index (χ1) is 16.1. The van der Waals surface area contributed by atoms with Gasteiger partial charge < -0.3 is 20.7 Å². The number of aromatic nitrogens is 1. The summed E-state index contributed by atoms with van der Waals surface area (Å²) in [5.74, 6) is 0.352. The van der Waals surface area contributed by atoms with E-state index in [1.807, 2.05) is 45.1 Å². The zero-order valence-corrected chi connectivity index (χ0v) is 18.9. The number of rotatable bonds is 6. The number of piperidine rings is 1. The van der Waals surface area contributed by atoms with E-state index in [1.165, 1.54) is 0 Å². The van der Waals surface area contributed by atoms with Gasteiger partial charge in [0, 0.05) is 29.4 Å². The fourth-order valence-corrected chi connectivity index (χ4v) is 3.93. The number of amides is 1. The molecule has 0 aliphatic carbocycles. The molecule has 1 saturated heterocycles. The lowest BCUT2D eigenvalue weighted by Crippen LogP contribution is -2.24. The molecule has 1 amide bonds. The van der Waals surface area contributed by atoms with Crippen LogP contribution in [0.2, 0.25) is 0 Å². The van der Waals surface area contributed by atoms with Crippen LogP contribution in [0.5, 0.6) is 5.75 Å². The molecule has 3 N–H and O–H groups in total. The van der Waals surface area contributed by atoms with E-state index >= 15 is 0 Å². The highest BCUT2D eigenvalue weighted by molar-refractivity contribution is 6.32. The molecule has 0 unspecified atom stereocenters. The van der Waals surface area contributed by atoms with Crippen molar-refractivity contribution in [1.29, 1.82) is 5.26 Å². The second kappa shape index (κ2) is 10.2.